The Bertz CT molecular complexity index is 1190. The number of benzene rings is 2. The summed E-state index contributed by atoms with van der Waals surface area (Å²) < 4.78 is 27.6. The molecule has 1 aromatic heterocycles. The first-order chi connectivity index (χ1) is 15.0. The molecule has 0 aliphatic heterocycles. The number of carbonyl (C=O) groups is 1. The summed E-state index contributed by atoms with van der Waals surface area (Å²) in [5, 5.41) is 33.5. The Balaban J connectivity index is 1.65. The number of amides is 2. The summed E-state index contributed by atoms with van der Waals surface area (Å²) in [5.41, 5.74) is 1.35. The van der Waals surface area contributed by atoms with Gasteiger partial charge < -0.3 is 26.0 Å². The van der Waals surface area contributed by atoms with Crippen LogP contribution in [0.3, 0.4) is 0 Å². The van der Waals surface area contributed by atoms with Crippen molar-refractivity contribution in [1.29, 1.82) is 0 Å². The van der Waals surface area contributed by atoms with Crippen LogP contribution in [-0.2, 0) is 22.5 Å². The van der Waals surface area contributed by atoms with Gasteiger partial charge in [0.15, 0.2) is 0 Å². The highest BCUT2D eigenvalue weighted by Gasteiger charge is 2.25. The summed E-state index contributed by atoms with van der Waals surface area (Å²) in [6.45, 7) is 1.81. The summed E-state index contributed by atoms with van der Waals surface area (Å²) in [7, 11) is -4.01. The Morgan fingerprint density at radius 1 is 1.03 bits per heavy atom. The van der Waals surface area contributed by atoms with Crippen molar-refractivity contribution in [2.24, 2.45) is 0 Å². The molecule has 2 amide bonds. The van der Waals surface area contributed by atoms with Gasteiger partial charge in [0.2, 0.25) is 0 Å². The summed E-state index contributed by atoms with van der Waals surface area (Å²) in [4.78, 5) is 15.9. The number of sulfonamides is 1. The van der Waals surface area contributed by atoms with Crippen LogP contribution in [-0.4, -0.2) is 34.8 Å². The molecule has 0 aliphatic rings. The fraction of sp³-hybridized carbons (Fsp3) is 0.143. The maximum atomic E-state index is 12.6. The van der Waals surface area contributed by atoms with Crippen LogP contribution in [0.1, 0.15) is 16.7 Å². The van der Waals surface area contributed by atoms with Gasteiger partial charge in [0.1, 0.15) is 0 Å². The molecule has 0 atom stereocenters. The first-order valence-corrected chi connectivity index (χ1v) is 10.9. The van der Waals surface area contributed by atoms with Gasteiger partial charge in [-0.05, 0) is 60.5 Å². The number of aryl methyl sites for hydroxylation is 1. The van der Waals surface area contributed by atoms with E-state index >= 15 is 0 Å². The molecule has 11 heteroatoms. The van der Waals surface area contributed by atoms with Gasteiger partial charge in [-0.1, -0.05) is 12.1 Å². The van der Waals surface area contributed by atoms with E-state index in [0.29, 0.717) is 11.3 Å². The van der Waals surface area contributed by atoms with Crippen molar-refractivity contribution < 1.29 is 28.5 Å². The van der Waals surface area contributed by atoms with Crippen molar-refractivity contribution >= 4 is 27.4 Å². The van der Waals surface area contributed by atoms with Gasteiger partial charge in [-0.25, -0.2) is 13.2 Å². The van der Waals surface area contributed by atoms with Crippen molar-refractivity contribution in [1.82, 2.24) is 10.3 Å². The second kappa shape index (κ2) is 9.32. The lowest BCUT2D eigenvalue weighted by molar-refractivity contribution is -0.324. The minimum Gasteiger partial charge on any atom is -0.340 e. The zero-order valence-corrected chi connectivity index (χ0v) is 17.8. The highest BCUT2D eigenvalue weighted by molar-refractivity contribution is 7.92. The Hall–Kier alpha value is -3.51. The number of anilines is 2. The second-order valence-corrected chi connectivity index (χ2v) is 8.65. The number of aliphatic hydroxyl groups is 3. The molecule has 0 bridgehead atoms. The number of aromatic nitrogens is 1. The Kier molecular flexibility index (Phi) is 6.75. The Morgan fingerprint density at radius 2 is 1.72 bits per heavy atom. The zero-order chi connectivity index (χ0) is 23.4. The van der Waals surface area contributed by atoms with E-state index in [9.17, 15) is 28.5 Å². The molecular weight excluding hydrogens is 436 g/mol. The number of hydrogen-bond acceptors (Lipinski definition) is 7. The van der Waals surface area contributed by atoms with E-state index < -0.39 is 22.0 Å². The van der Waals surface area contributed by atoms with Crippen LogP contribution < -0.4 is 15.4 Å². The van der Waals surface area contributed by atoms with Gasteiger partial charge >= 0.3 is 12.0 Å². The third kappa shape index (κ3) is 6.02. The van der Waals surface area contributed by atoms with Crippen LogP contribution in [0.15, 0.2) is 71.9 Å². The highest BCUT2D eigenvalue weighted by Crippen LogP contribution is 2.25. The molecule has 10 nitrogen and oxygen atoms in total. The number of nitrogens with one attached hydrogen (secondary N) is 3. The lowest BCUT2D eigenvalue weighted by Crippen LogP contribution is -2.28. The normalized spacial score (nSPS) is 11.6. The molecule has 168 valence electrons. The summed E-state index contributed by atoms with van der Waals surface area (Å²) in [5.74, 6) is -3.10. The average Bonchev–Trinajstić information content (AvgIpc) is 2.74. The molecule has 0 saturated heterocycles. The fourth-order valence-electron chi connectivity index (χ4n) is 2.84. The third-order valence-electron chi connectivity index (χ3n) is 4.45. The molecule has 0 fully saturated rings. The SMILES string of the molecule is Cc1ccc(NS(=O)(=O)c2ccc(NC(=O)NCc3cccnc3)cc2)cc1C(O)(O)O. The number of carbonyl (C=O) groups excluding carboxylic acids is 1. The highest BCUT2D eigenvalue weighted by atomic mass is 32.2. The number of rotatable bonds is 7. The van der Waals surface area contributed by atoms with Crippen LogP contribution >= 0.6 is 0 Å². The van der Waals surface area contributed by atoms with E-state index in [0.717, 1.165) is 11.6 Å². The maximum absolute atomic E-state index is 12.6. The smallest absolute Gasteiger partial charge is 0.319 e. The molecule has 3 rings (SSSR count). The van der Waals surface area contributed by atoms with Crippen molar-refractivity contribution in [3.05, 3.63) is 83.7 Å². The molecule has 6 N–H and O–H groups in total. The van der Waals surface area contributed by atoms with E-state index in [1.807, 2.05) is 6.07 Å². The molecule has 1 heterocycles. The van der Waals surface area contributed by atoms with Crippen LogP contribution in [0.2, 0.25) is 0 Å². The van der Waals surface area contributed by atoms with Gasteiger partial charge in [-0.15, -0.1) is 0 Å². The standard InChI is InChI=1S/C21H22N4O6S/c1-14-4-5-17(11-19(14)21(27,28)29)25-32(30,31)18-8-6-16(7-9-18)24-20(26)23-13-15-3-2-10-22-12-15/h2-12,25,27-29H,13H2,1H3,(H2,23,24,26). The molecular formula is C21H22N4O6S. The molecule has 2 aromatic carbocycles. The van der Waals surface area contributed by atoms with E-state index in [1.165, 1.54) is 43.3 Å². The molecule has 0 spiro atoms. The molecule has 0 unspecified atom stereocenters. The number of urea groups is 1. The Morgan fingerprint density at radius 3 is 2.34 bits per heavy atom. The number of nitrogens with zero attached hydrogens (tertiary/aromatic N) is 1. The first kappa shape index (κ1) is 23.2. The Labute approximate surface area is 184 Å². The predicted molar refractivity (Wildman–Crippen MR) is 117 cm³/mol. The number of hydrogen-bond donors (Lipinski definition) is 6. The monoisotopic (exact) mass is 458 g/mol. The molecule has 0 radical (unpaired) electrons. The molecule has 0 aliphatic carbocycles. The van der Waals surface area contributed by atoms with Gasteiger partial charge in [-0.2, -0.15) is 0 Å². The molecule has 32 heavy (non-hydrogen) atoms. The summed E-state index contributed by atoms with van der Waals surface area (Å²) >= 11 is 0. The first-order valence-electron chi connectivity index (χ1n) is 9.39. The van der Waals surface area contributed by atoms with Gasteiger partial charge in [0.25, 0.3) is 10.0 Å². The van der Waals surface area contributed by atoms with Gasteiger partial charge in [-0.3, -0.25) is 9.71 Å². The van der Waals surface area contributed by atoms with E-state index in [-0.39, 0.29) is 22.7 Å². The lowest BCUT2D eigenvalue weighted by atomic mass is 10.1. The summed E-state index contributed by atoms with van der Waals surface area (Å²) in [6, 6.07) is 12.6. The van der Waals surface area contributed by atoms with E-state index in [4.69, 9.17) is 0 Å². The van der Waals surface area contributed by atoms with Crippen molar-refractivity contribution in [3.63, 3.8) is 0 Å². The minimum absolute atomic E-state index is 0.0316. The zero-order valence-electron chi connectivity index (χ0n) is 17.0. The van der Waals surface area contributed by atoms with Crippen molar-refractivity contribution in [2.45, 2.75) is 24.3 Å². The molecule has 0 saturated carbocycles. The van der Waals surface area contributed by atoms with Gasteiger partial charge in [0, 0.05) is 35.9 Å². The van der Waals surface area contributed by atoms with Crippen LogP contribution in [0.25, 0.3) is 0 Å². The van der Waals surface area contributed by atoms with Crippen LogP contribution in [0.4, 0.5) is 16.2 Å². The minimum atomic E-state index is -4.01. The quantitative estimate of drug-likeness (QED) is 0.293. The topological polar surface area (TPSA) is 161 Å². The van der Waals surface area contributed by atoms with Crippen LogP contribution in [0, 0.1) is 6.92 Å². The fourth-order valence-corrected chi connectivity index (χ4v) is 3.89. The largest absolute Gasteiger partial charge is 0.340 e. The van der Waals surface area contributed by atoms with E-state index in [2.05, 4.69) is 20.3 Å². The van der Waals surface area contributed by atoms with Crippen molar-refractivity contribution in [3.8, 4) is 0 Å². The summed E-state index contributed by atoms with van der Waals surface area (Å²) in [6.07, 6.45) is 3.26. The van der Waals surface area contributed by atoms with Crippen LogP contribution in [0.5, 0.6) is 0 Å². The lowest BCUT2D eigenvalue weighted by Gasteiger charge is -2.18. The third-order valence-corrected chi connectivity index (χ3v) is 5.85. The predicted octanol–water partition coefficient (Wildman–Crippen LogP) is 1.60. The van der Waals surface area contributed by atoms with E-state index in [1.54, 1.807) is 18.5 Å². The van der Waals surface area contributed by atoms with Gasteiger partial charge in [0.05, 0.1) is 4.90 Å². The maximum Gasteiger partial charge on any atom is 0.319 e. The average molecular weight is 458 g/mol. The molecule has 3 aromatic rings. The van der Waals surface area contributed by atoms with Crippen molar-refractivity contribution in [2.75, 3.05) is 10.0 Å². The number of pyridine rings is 1. The second-order valence-electron chi connectivity index (χ2n) is 6.96.